The number of benzene rings is 1. The Labute approximate surface area is 144 Å². The molecule has 0 aliphatic rings. The number of aliphatic imine (C=N–C) groups is 1. The summed E-state index contributed by atoms with van der Waals surface area (Å²) in [6.45, 7) is 9.15. The average molecular weight is 353 g/mol. The maximum Gasteiger partial charge on any atom is 0.191 e. The van der Waals surface area contributed by atoms with Crippen LogP contribution in [0.5, 0.6) is 5.75 Å². The zero-order chi connectivity index (χ0) is 17.8. The van der Waals surface area contributed by atoms with Crippen molar-refractivity contribution in [2.24, 2.45) is 4.99 Å². The van der Waals surface area contributed by atoms with E-state index in [4.69, 9.17) is 4.74 Å². The molecule has 0 radical (unpaired) electrons. The predicted molar refractivity (Wildman–Crippen MR) is 99.3 cm³/mol. The molecule has 0 unspecified atom stereocenters. The van der Waals surface area contributed by atoms with Crippen LogP contribution in [0.3, 0.4) is 0 Å². The van der Waals surface area contributed by atoms with Gasteiger partial charge in [0.25, 0.3) is 0 Å². The summed E-state index contributed by atoms with van der Waals surface area (Å²) in [5.41, 5.74) is 0.956. The molecule has 0 atom stereocenters. The lowest BCUT2D eigenvalue weighted by Gasteiger charge is -2.12. The summed E-state index contributed by atoms with van der Waals surface area (Å²) >= 11 is 0. The standard InChI is InChI=1S/C17H27N3O3S/c1-4-12-23-16-10-8-7-9-15(16)14-20-17(18-5-2)19-11-13-24(21,22)6-3/h4,7-10H,1,5-6,11-14H2,2-3H3,(H2,18,19,20). The van der Waals surface area contributed by atoms with E-state index in [9.17, 15) is 8.42 Å². The Kier molecular flexibility index (Phi) is 8.93. The summed E-state index contributed by atoms with van der Waals surface area (Å²) in [6, 6.07) is 7.68. The molecule has 7 heteroatoms. The summed E-state index contributed by atoms with van der Waals surface area (Å²) in [5, 5.41) is 6.15. The summed E-state index contributed by atoms with van der Waals surface area (Å²) in [7, 11) is -2.99. The molecule has 2 N–H and O–H groups in total. The molecule has 0 heterocycles. The lowest BCUT2D eigenvalue weighted by molar-refractivity contribution is 0.359. The predicted octanol–water partition coefficient (Wildman–Crippen LogP) is 1.74. The first-order valence-electron chi connectivity index (χ1n) is 8.06. The van der Waals surface area contributed by atoms with Crippen molar-refractivity contribution in [3.05, 3.63) is 42.5 Å². The van der Waals surface area contributed by atoms with Crippen molar-refractivity contribution in [1.82, 2.24) is 10.6 Å². The Bertz CT molecular complexity index is 642. The minimum absolute atomic E-state index is 0.0902. The second-order valence-electron chi connectivity index (χ2n) is 5.07. The van der Waals surface area contributed by atoms with Crippen LogP contribution in [0.15, 0.2) is 41.9 Å². The zero-order valence-electron chi connectivity index (χ0n) is 14.4. The Morgan fingerprint density at radius 2 is 2.04 bits per heavy atom. The van der Waals surface area contributed by atoms with Gasteiger partial charge in [0.15, 0.2) is 15.8 Å². The molecule has 0 amide bonds. The van der Waals surface area contributed by atoms with Crippen LogP contribution < -0.4 is 15.4 Å². The van der Waals surface area contributed by atoms with E-state index in [1.807, 2.05) is 31.2 Å². The zero-order valence-corrected chi connectivity index (χ0v) is 15.2. The van der Waals surface area contributed by atoms with Crippen LogP contribution in [0.25, 0.3) is 0 Å². The topological polar surface area (TPSA) is 79.8 Å². The minimum Gasteiger partial charge on any atom is -0.489 e. The van der Waals surface area contributed by atoms with Crippen LogP contribution in [0.2, 0.25) is 0 Å². The van der Waals surface area contributed by atoms with Gasteiger partial charge in [-0.2, -0.15) is 0 Å². The molecule has 24 heavy (non-hydrogen) atoms. The van der Waals surface area contributed by atoms with Gasteiger partial charge in [0.05, 0.1) is 12.3 Å². The summed E-state index contributed by atoms with van der Waals surface area (Å²) in [4.78, 5) is 4.49. The first kappa shape index (κ1) is 20.0. The molecule has 6 nitrogen and oxygen atoms in total. The fourth-order valence-corrected chi connectivity index (χ4v) is 2.60. The number of hydrogen-bond donors (Lipinski definition) is 2. The van der Waals surface area contributed by atoms with Crippen molar-refractivity contribution < 1.29 is 13.2 Å². The SMILES string of the molecule is C=CCOc1ccccc1CN=C(NCC)NCCS(=O)(=O)CC. The molecule has 1 rings (SSSR count). The van der Waals surface area contributed by atoms with Crippen LogP contribution in [0, 0.1) is 0 Å². The number of nitrogens with zero attached hydrogens (tertiary/aromatic N) is 1. The first-order chi connectivity index (χ1) is 11.5. The van der Waals surface area contributed by atoms with Gasteiger partial charge < -0.3 is 15.4 Å². The lowest BCUT2D eigenvalue weighted by atomic mass is 10.2. The number of sulfone groups is 1. The Balaban J connectivity index is 2.70. The summed E-state index contributed by atoms with van der Waals surface area (Å²) in [5.74, 6) is 1.59. The second-order valence-corrected chi connectivity index (χ2v) is 7.54. The van der Waals surface area contributed by atoms with Gasteiger partial charge in [0.2, 0.25) is 0 Å². The number of nitrogens with one attached hydrogen (secondary N) is 2. The third-order valence-corrected chi connectivity index (χ3v) is 4.93. The highest BCUT2D eigenvalue weighted by atomic mass is 32.2. The van der Waals surface area contributed by atoms with E-state index in [1.165, 1.54) is 0 Å². The van der Waals surface area contributed by atoms with Gasteiger partial charge in [-0.1, -0.05) is 37.8 Å². The molecule has 134 valence electrons. The molecule has 0 aliphatic heterocycles. The third-order valence-electron chi connectivity index (χ3n) is 3.23. The van der Waals surface area contributed by atoms with Crippen molar-refractivity contribution in [2.75, 3.05) is 31.2 Å². The van der Waals surface area contributed by atoms with E-state index < -0.39 is 9.84 Å². The van der Waals surface area contributed by atoms with Crippen LogP contribution >= 0.6 is 0 Å². The largest absolute Gasteiger partial charge is 0.489 e. The number of rotatable bonds is 10. The van der Waals surface area contributed by atoms with E-state index in [0.717, 1.165) is 11.3 Å². The van der Waals surface area contributed by atoms with Crippen molar-refractivity contribution in [1.29, 1.82) is 0 Å². The smallest absolute Gasteiger partial charge is 0.191 e. The lowest BCUT2D eigenvalue weighted by Crippen LogP contribution is -2.39. The number of ether oxygens (including phenoxy) is 1. The average Bonchev–Trinajstić information content (AvgIpc) is 2.58. The van der Waals surface area contributed by atoms with E-state index in [1.54, 1.807) is 13.0 Å². The second kappa shape index (κ2) is 10.7. The van der Waals surface area contributed by atoms with Crippen molar-refractivity contribution >= 4 is 15.8 Å². The molecule has 0 bridgehead atoms. The van der Waals surface area contributed by atoms with Crippen molar-refractivity contribution in [2.45, 2.75) is 20.4 Å². The number of hydrogen-bond acceptors (Lipinski definition) is 4. The van der Waals surface area contributed by atoms with Crippen LogP contribution in [-0.2, 0) is 16.4 Å². The molecule has 0 saturated carbocycles. The molecule has 0 fully saturated rings. The summed E-state index contributed by atoms with van der Waals surface area (Å²) < 4.78 is 28.7. The van der Waals surface area contributed by atoms with E-state index in [2.05, 4.69) is 22.2 Å². The third kappa shape index (κ3) is 7.50. The van der Waals surface area contributed by atoms with Gasteiger partial charge in [-0.05, 0) is 13.0 Å². The molecule has 1 aromatic rings. The molecular weight excluding hydrogens is 326 g/mol. The maximum absolute atomic E-state index is 11.5. The van der Waals surface area contributed by atoms with Crippen LogP contribution in [0.4, 0.5) is 0 Å². The number of para-hydroxylation sites is 1. The van der Waals surface area contributed by atoms with Gasteiger partial charge in [0, 0.05) is 24.4 Å². The highest BCUT2D eigenvalue weighted by Gasteiger charge is 2.08. The maximum atomic E-state index is 11.5. The molecule has 0 aromatic heterocycles. The van der Waals surface area contributed by atoms with E-state index in [-0.39, 0.29) is 11.5 Å². The van der Waals surface area contributed by atoms with Crippen LogP contribution in [0.1, 0.15) is 19.4 Å². The van der Waals surface area contributed by atoms with Gasteiger partial charge in [-0.25, -0.2) is 13.4 Å². The highest BCUT2D eigenvalue weighted by Crippen LogP contribution is 2.18. The summed E-state index contributed by atoms with van der Waals surface area (Å²) in [6.07, 6.45) is 1.69. The van der Waals surface area contributed by atoms with Crippen molar-refractivity contribution in [3.8, 4) is 5.75 Å². The fourth-order valence-electron chi connectivity index (χ4n) is 1.90. The molecular formula is C17H27N3O3S. The minimum atomic E-state index is -2.99. The normalized spacial score (nSPS) is 11.8. The van der Waals surface area contributed by atoms with Gasteiger partial charge in [-0.3, -0.25) is 0 Å². The van der Waals surface area contributed by atoms with Gasteiger partial charge in [0.1, 0.15) is 12.4 Å². The van der Waals surface area contributed by atoms with Crippen LogP contribution in [-0.4, -0.2) is 45.6 Å². The molecule has 1 aromatic carbocycles. The van der Waals surface area contributed by atoms with E-state index >= 15 is 0 Å². The monoisotopic (exact) mass is 353 g/mol. The van der Waals surface area contributed by atoms with Gasteiger partial charge >= 0.3 is 0 Å². The van der Waals surface area contributed by atoms with Crippen molar-refractivity contribution in [3.63, 3.8) is 0 Å². The molecule has 0 aliphatic carbocycles. The Hall–Kier alpha value is -2.02. The first-order valence-corrected chi connectivity index (χ1v) is 9.88. The fraction of sp³-hybridized carbons (Fsp3) is 0.471. The quantitative estimate of drug-likeness (QED) is 0.380. The molecule has 0 saturated heterocycles. The van der Waals surface area contributed by atoms with E-state index in [0.29, 0.717) is 32.2 Å². The Morgan fingerprint density at radius 1 is 1.29 bits per heavy atom. The Morgan fingerprint density at radius 3 is 2.71 bits per heavy atom. The number of guanidine groups is 1. The highest BCUT2D eigenvalue weighted by molar-refractivity contribution is 7.91. The van der Waals surface area contributed by atoms with Gasteiger partial charge in [-0.15, -0.1) is 0 Å². The molecule has 0 spiro atoms.